The van der Waals surface area contributed by atoms with Gasteiger partial charge in [-0.2, -0.15) is 0 Å². The van der Waals surface area contributed by atoms with Crippen LogP contribution in [0.3, 0.4) is 0 Å². The summed E-state index contributed by atoms with van der Waals surface area (Å²) in [5, 5.41) is 0. The predicted molar refractivity (Wildman–Crippen MR) is 114 cm³/mol. The molecule has 0 N–H and O–H groups in total. The third-order valence-corrected chi connectivity index (χ3v) is 5.01. The molecule has 0 aliphatic carbocycles. The van der Waals surface area contributed by atoms with Gasteiger partial charge in [0.05, 0.1) is 0 Å². The average molecular weight is 602 g/mol. The van der Waals surface area contributed by atoms with Crippen molar-refractivity contribution in [1.82, 2.24) is 0 Å². The van der Waals surface area contributed by atoms with Gasteiger partial charge in [0.2, 0.25) is 0 Å². The molecule has 0 aliphatic heterocycles. The van der Waals surface area contributed by atoms with Crippen molar-refractivity contribution in [1.29, 1.82) is 0 Å². The van der Waals surface area contributed by atoms with Crippen molar-refractivity contribution >= 4 is 28.6 Å². The molecule has 0 rings (SSSR count). The molecular formula is C21H41I2NaO2. The fourth-order valence-electron chi connectivity index (χ4n) is 3.13. The van der Waals surface area contributed by atoms with Gasteiger partial charge < -0.3 is 28.7 Å². The Kier molecular flexibility index (Phi) is 36.5. The first-order valence-electron chi connectivity index (χ1n) is 10.5. The number of alkyl halides is 1. The Morgan fingerprint density at radius 2 is 0.962 bits per heavy atom. The largest absolute Gasteiger partial charge is 1.00 e. The van der Waals surface area contributed by atoms with Crippen LogP contribution in [-0.4, -0.2) is 10.6 Å². The van der Waals surface area contributed by atoms with Crippen LogP contribution in [0, 0.1) is 0 Å². The number of carbonyl (C=O) groups excluding carboxylic acids is 1. The summed E-state index contributed by atoms with van der Waals surface area (Å²) in [5.41, 5.74) is 0. The summed E-state index contributed by atoms with van der Waals surface area (Å²) >= 11 is 2.06. The van der Waals surface area contributed by atoms with E-state index in [1.807, 2.05) is 0 Å². The number of carbonyl (C=O) groups is 1. The molecule has 0 saturated carbocycles. The second kappa shape index (κ2) is 29.1. The molecule has 0 radical (unpaired) electrons. The van der Waals surface area contributed by atoms with Gasteiger partial charge in [0.15, 0.2) is 0 Å². The smallest absolute Gasteiger partial charge is 1.00 e. The molecular weight excluding hydrogens is 561 g/mol. The number of hydrogen-bond acceptors (Lipinski definition) is 2. The van der Waals surface area contributed by atoms with Crippen LogP contribution in [0.5, 0.6) is 0 Å². The number of halogens is 2. The minimum absolute atomic E-state index is 0. The van der Waals surface area contributed by atoms with E-state index >= 15 is 0 Å². The molecule has 26 heavy (non-hydrogen) atoms. The molecule has 0 aliphatic rings. The molecule has 0 heterocycles. The van der Waals surface area contributed by atoms with E-state index in [2.05, 4.69) is 29.5 Å². The Morgan fingerprint density at radius 3 is 1.27 bits per heavy atom. The molecule has 0 amide bonds. The van der Waals surface area contributed by atoms with E-state index in [1.165, 1.54) is 103 Å². The number of unbranched alkanes of at least 4 members (excludes halogenated alkanes) is 16. The third-order valence-electron chi connectivity index (χ3n) is 4.70. The van der Waals surface area contributed by atoms with E-state index in [1.54, 1.807) is 0 Å². The first kappa shape index (κ1) is 32.6. The quantitative estimate of drug-likeness (QED) is 0.0744. The molecule has 0 aromatic rings. The van der Waals surface area contributed by atoms with Gasteiger partial charge >= 0.3 is 35.5 Å². The molecule has 0 fully saturated rings. The van der Waals surface area contributed by atoms with Gasteiger partial charge in [-0.15, -0.1) is 0 Å². The average Bonchev–Trinajstić information content (AvgIpc) is 2.58. The SMILES string of the molecule is CCCCCCCCCCCCCCCCCCCC(=O)OCI.[I-].[Na+]. The fraction of sp³-hybridized carbons (Fsp3) is 0.952. The Morgan fingerprint density at radius 1 is 0.654 bits per heavy atom. The zero-order valence-corrected chi connectivity index (χ0v) is 23.8. The van der Waals surface area contributed by atoms with Crippen molar-refractivity contribution in [2.24, 2.45) is 0 Å². The zero-order valence-electron chi connectivity index (χ0n) is 17.5. The number of rotatable bonds is 19. The molecule has 0 unspecified atom stereocenters. The van der Waals surface area contributed by atoms with Crippen LogP contribution in [0.1, 0.15) is 122 Å². The van der Waals surface area contributed by atoms with E-state index in [0.29, 0.717) is 11.0 Å². The first-order chi connectivity index (χ1) is 11.8. The summed E-state index contributed by atoms with van der Waals surface area (Å²) in [5.74, 6) is -0.0367. The van der Waals surface area contributed by atoms with Crippen molar-refractivity contribution in [3.63, 3.8) is 0 Å². The second-order valence-electron chi connectivity index (χ2n) is 7.03. The normalized spacial score (nSPS) is 10.1. The topological polar surface area (TPSA) is 26.3 Å². The number of hydrogen-bond donors (Lipinski definition) is 0. The van der Waals surface area contributed by atoms with Crippen LogP contribution in [0.2, 0.25) is 0 Å². The van der Waals surface area contributed by atoms with Crippen molar-refractivity contribution < 1.29 is 63.1 Å². The summed E-state index contributed by atoms with van der Waals surface area (Å²) in [7, 11) is 0. The summed E-state index contributed by atoms with van der Waals surface area (Å²) < 4.78 is 5.40. The van der Waals surface area contributed by atoms with E-state index in [-0.39, 0.29) is 59.5 Å². The van der Waals surface area contributed by atoms with Crippen LogP contribution >= 0.6 is 22.6 Å². The molecule has 5 heteroatoms. The summed E-state index contributed by atoms with van der Waals surface area (Å²) in [6.45, 7) is 2.28. The third kappa shape index (κ3) is 28.1. The first-order valence-corrected chi connectivity index (χ1v) is 12.1. The van der Waals surface area contributed by atoms with Crippen LogP contribution in [-0.2, 0) is 9.53 Å². The fourth-order valence-corrected chi connectivity index (χ4v) is 3.47. The standard InChI is InChI=1S/C21H41IO2.HI.Na/c1-2-3-4-5-6-7-8-9-10-11-12-13-14-15-16-17-18-19-21(23)24-20-22;;/h2-20H2,1H3;1H;/q;;+1/p-1. The maximum Gasteiger partial charge on any atom is 1.00 e. The van der Waals surface area contributed by atoms with E-state index < -0.39 is 0 Å². The van der Waals surface area contributed by atoms with Crippen molar-refractivity contribution in [3.8, 4) is 0 Å². The maximum atomic E-state index is 11.2. The molecule has 0 aromatic heterocycles. The van der Waals surface area contributed by atoms with Crippen LogP contribution in [0.15, 0.2) is 0 Å². The number of esters is 1. The summed E-state index contributed by atoms with van der Waals surface area (Å²) in [6, 6.07) is 0. The molecule has 0 aromatic carbocycles. The maximum absolute atomic E-state index is 11.2. The van der Waals surface area contributed by atoms with Crippen molar-refractivity contribution in [3.05, 3.63) is 0 Å². The summed E-state index contributed by atoms with van der Waals surface area (Å²) in [6.07, 6.45) is 23.9. The second-order valence-corrected chi connectivity index (χ2v) is 7.66. The number of ether oxygens (including phenoxy) is 1. The Labute approximate surface area is 216 Å². The summed E-state index contributed by atoms with van der Waals surface area (Å²) in [4.78, 5) is 11.2. The van der Waals surface area contributed by atoms with E-state index in [9.17, 15) is 4.79 Å². The van der Waals surface area contributed by atoms with Gasteiger partial charge in [0.1, 0.15) is 4.61 Å². The van der Waals surface area contributed by atoms with Gasteiger partial charge in [0, 0.05) is 6.42 Å². The van der Waals surface area contributed by atoms with E-state index in [0.717, 1.165) is 6.42 Å². The minimum atomic E-state index is -0.0367. The van der Waals surface area contributed by atoms with E-state index in [4.69, 9.17) is 4.74 Å². The molecule has 0 spiro atoms. The van der Waals surface area contributed by atoms with Crippen LogP contribution in [0.4, 0.5) is 0 Å². The molecule has 0 atom stereocenters. The zero-order chi connectivity index (χ0) is 17.7. The van der Waals surface area contributed by atoms with Crippen LogP contribution < -0.4 is 53.5 Å². The molecule has 2 nitrogen and oxygen atoms in total. The van der Waals surface area contributed by atoms with Gasteiger partial charge in [-0.05, 0) is 29.0 Å². The van der Waals surface area contributed by atoms with Gasteiger partial charge in [-0.3, -0.25) is 4.79 Å². The molecule has 152 valence electrons. The Balaban J connectivity index is -0.00000264. The van der Waals surface area contributed by atoms with Gasteiger partial charge in [0.25, 0.3) is 0 Å². The van der Waals surface area contributed by atoms with Crippen LogP contribution in [0.25, 0.3) is 0 Å². The van der Waals surface area contributed by atoms with Gasteiger partial charge in [-0.25, -0.2) is 0 Å². The van der Waals surface area contributed by atoms with Crippen molar-refractivity contribution in [2.75, 3.05) is 4.61 Å². The monoisotopic (exact) mass is 602 g/mol. The minimum Gasteiger partial charge on any atom is -1.00 e. The van der Waals surface area contributed by atoms with Gasteiger partial charge in [-0.1, -0.05) is 110 Å². The Hall–Kier alpha value is 1.93. The predicted octanol–water partition coefficient (Wildman–Crippen LogP) is 1.97. The Bertz CT molecular complexity index is 266. The van der Waals surface area contributed by atoms with Crippen molar-refractivity contribution in [2.45, 2.75) is 122 Å². The molecule has 0 bridgehead atoms. The molecule has 0 saturated heterocycles.